The molecule has 1 fully saturated rings. The Labute approximate surface area is 143 Å². The number of pyridine rings is 1. The molecule has 0 unspecified atom stereocenters. The SMILES string of the molecule is O=C(c1c(F)cccc1F)N1CCC(c2cc3cccnc3[nH]2)CC1. The Balaban J connectivity index is 1.48. The van der Waals surface area contributed by atoms with E-state index in [1.807, 2.05) is 12.1 Å². The van der Waals surface area contributed by atoms with Gasteiger partial charge < -0.3 is 9.88 Å². The summed E-state index contributed by atoms with van der Waals surface area (Å²) in [6.07, 6.45) is 3.23. The lowest BCUT2D eigenvalue weighted by atomic mass is 9.93. The number of carbonyl (C=O) groups is 1. The van der Waals surface area contributed by atoms with Crippen molar-refractivity contribution in [3.05, 3.63) is 65.5 Å². The number of hydrogen-bond donors (Lipinski definition) is 1. The number of hydrogen-bond acceptors (Lipinski definition) is 2. The van der Waals surface area contributed by atoms with E-state index >= 15 is 0 Å². The van der Waals surface area contributed by atoms with Crippen LogP contribution in [0.1, 0.15) is 34.8 Å². The average molecular weight is 341 g/mol. The maximum absolute atomic E-state index is 13.8. The van der Waals surface area contributed by atoms with Gasteiger partial charge in [0.05, 0.1) is 0 Å². The molecule has 2 aromatic heterocycles. The molecule has 25 heavy (non-hydrogen) atoms. The molecule has 1 saturated heterocycles. The van der Waals surface area contributed by atoms with Gasteiger partial charge in [-0.1, -0.05) is 6.07 Å². The minimum Gasteiger partial charge on any atom is -0.343 e. The van der Waals surface area contributed by atoms with E-state index < -0.39 is 23.1 Å². The second-order valence-electron chi connectivity index (χ2n) is 6.33. The third-order valence-electron chi connectivity index (χ3n) is 4.81. The number of likely N-dealkylation sites (tertiary alicyclic amines) is 1. The lowest BCUT2D eigenvalue weighted by Gasteiger charge is -2.31. The lowest BCUT2D eigenvalue weighted by Crippen LogP contribution is -2.38. The molecule has 3 heterocycles. The van der Waals surface area contributed by atoms with E-state index in [1.165, 1.54) is 11.0 Å². The summed E-state index contributed by atoms with van der Waals surface area (Å²) in [6, 6.07) is 9.46. The molecule has 1 aliphatic heterocycles. The van der Waals surface area contributed by atoms with Crippen LogP contribution in [0.3, 0.4) is 0 Å². The fourth-order valence-corrected chi connectivity index (χ4v) is 3.45. The standard InChI is InChI=1S/C19H17F2N3O/c20-14-4-1-5-15(21)17(14)19(25)24-9-6-12(7-10-24)16-11-13-3-2-8-22-18(13)23-16/h1-5,8,11-12H,6-7,9-10H2,(H,22,23). The predicted molar refractivity (Wildman–Crippen MR) is 90.3 cm³/mol. The molecule has 1 aliphatic rings. The number of amides is 1. The van der Waals surface area contributed by atoms with E-state index in [-0.39, 0.29) is 5.92 Å². The molecule has 1 N–H and O–H groups in total. The Kier molecular flexibility index (Phi) is 3.95. The first-order chi connectivity index (χ1) is 12.1. The molecule has 3 aromatic rings. The van der Waals surface area contributed by atoms with Crippen LogP contribution in [-0.4, -0.2) is 33.9 Å². The van der Waals surface area contributed by atoms with Crippen molar-refractivity contribution in [3.8, 4) is 0 Å². The first-order valence-corrected chi connectivity index (χ1v) is 8.30. The summed E-state index contributed by atoms with van der Waals surface area (Å²) in [4.78, 5) is 21.6. The summed E-state index contributed by atoms with van der Waals surface area (Å²) in [5, 5.41) is 1.06. The zero-order valence-corrected chi connectivity index (χ0v) is 13.5. The van der Waals surface area contributed by atoms with Gasteiger partial charge in [0.15, 0.2) is 0 Å². The smallest absolute Gasteiger partial charge is 0.259 e. The zero-order chi connectivity index (χ0) is 17.4. The number of carbonyl (C=O) groups excluding carboxylic acids is 1. The van der Waals surface area contributed by atoms with E-state index in [1.54, 1.807) is 6.20 Å². The van der Waals surface area contributed by atoms with Crippen LogP contribution >= 0.6 is 0 Å². The third-order valence-corrected chi connectivity index (χ3v) is 4.81. The fourth-order valence-electron chi connectivity index (χ4n) is 3.45. The molecular weight excluding hydrogens is 324 g/mol. The Morgan fingerprint density at radius 1 is 1.12 bits per heavy atom. The number of rotatable bonds is 2. The van der Waals surface area contributed by atoms with Gasteiger partial charge in [-0.05, 0) is 43.2 Å². The highest BCUT2D eigenvalue weighted by molar-refractivity contribution is 5.94. The molecule has 0 spiro atoms. The minimum absolute atomic E-state index is 0.281. The lowest BCUT2D eigenvalue weighted by molar-refractivity contribution is 0.0702. The van der Waals surface area contributed by atoms with Crippen molar-refractivity contribution in [3.63, 3.8) is 0 Å². The zero-order valence-electron chi connectivity index (χ0n) is 13.5. The van der Waals surface area contributed by atoms with E-state index in [2.05, 4.69) is 16.0 Å². The van der Waals surface area contributed by atoms with Crippen molar-refractivity contribution in [2.45, 2.75) is 18.8 Å². The van der Waals surface area contributed by atoms with Gasteiger partial charge in [-0.2, -0.15) is 0 Å². The molecule has 1 aromatic carbocycles. The molecule has 0 aliphatic carbocycles. The Hall–Kier alpha value is -2.76. The number of nitrogens with zero attached hydrogens (tertiary/aromatic N) is 2. The first kappa shape index (κ1) is 15.7. The topological polar surface area (TPSA) is 49.0 Å². The van der Waals surface area contributed by atoms with Crippen LogP contribution in [0.4, 0.5) is 8.78 Å². The molecular formula is C19H17F2N3O. The van der Waals surface area contributed by atoms with Gasteiger partial charge in [0, 0.05) is 36.3 Å². The normalized spacial score (nSPS) is 15.7. The van der Waals surface area contributed by atoms with Crippen molar-refractivity contribution >= 4 is 16.9 Å². The van der Waals surface area contributed by atoms with E-state index in [0.717, 1.165) is 41.7 Å². The third kappa shape index (κ3) is 2.88. The van der Waals surface area contributed by atoms with E-state index in [4.69, 9.17) is 0 Å². The van der Waals surface area contributed by atoms with Gasteiger partial charge in [-0.15, -0.1) is 0 Å². The number of piperidine rings is 1. The maximum atomic E-state index is 13.8. The molecule has 0 radical (unpaired) electrons. The van der Waals surface area contributed by atoms with Crippen LogP contribution in [0, 0.1) is 11.6 Å². The monoisotopic (exact) mass is 341 g/mol. The Morgan fingerprint density at radius 2 is 1.84 bits per heavy atom. The fraction of sp³-hybridized carbons (Fsp3) is 0.263. The van der Waals surface area contributed by atoms with E-state index in [9.17, 15) is 13.6 Å². The number of nitrogens with one attached hydrogen (secondary N) is 1. The summed E-state index contributed by atoms with van der Waals surface area (Å²) in [6.45, 7) is 0.945. The summed E-state index contributed by atoms with van der Waals surface area (Å²) in [7, 11) is 0. The summed E-state index contributed by atoms with van der Waals surface area (Å²) >= 11 is 0. The molecule has 6 heteroatoms. The van der Waals surface area contributed by atoms with Crippen molar-refractivity contribution < 1.29 is 13.6 Å². The highest BCUT2D eigenvalue weighted by Gasteiger charge is 2.28. The second-order valence-corrected chi connectivity index (χ2v) is 6.33. The number of fused-ring (bicyclic) bond motifs is 1. The largest absolute Gasteiger partial charge is 0.343 e. The summed E-state index contributed by atoms with van der Waals surface area (Å²) < 4.78 is 27.6. The van der Waals surface area contributed by atoms with Gasteiger partial charge in [-0.25, -0.2) is 13.8 Å². The average Bonchev–Trinajstić information content (AvgIpc) is 3.06. The highest BCUT2D eigenvalue weighted by Crippen LogP contribution is 2.30. The van der Waals surface area contributed by atoms with Crippen molar-refractivity contribution in [2.24, 2.45) is 0 Å². The number of halogens is 2. The predicted octanol–water partition coefficient (Wildman–Crippen LogP) is 3.86. The van der Waals surface area contributed by atoms with Gasteiger partial charge >= 0.3 is 0 Å². The summed E-state index contributed by atoms with van der Waals surface area (Å²) in [5.74, 6) is -1.92. The molecule has 0 saturated carbocycles. The van der Waals surface area contributed by atoms with Gasteiger partial charge in [0.1, 0.15) is 22.8 Å². The molecule has 4 rings (SSSR count). The molecule has 0 atom stereocenters. The Morgan fingerprint density at radius 3 is 2.52 bits per heavy atom. The number of aromatic nitrogens is 2. The minimum atomic E-state index is -0.811. The number of aromatic amines is 1. The van der Waals surface area contributed by atoms with Crippen LogP contribution in [-0.2, 0) is 0 Å². The van der Waals surface area contributed by atoms with Crippen LogP contribution in [0.2, 0.25) is 0 Å². The maximum Gasteiger partial charge on any atom is 0.259 e. The van der Waals surface area contributed by atoms with Crippen LogP contribution in [0.25, 0.3) is 11.0 Å². The molecule has 128 valence electrons. The molecule has 4 nitrogen and oxygen atoms in total. The van der Waals surface area contributed by atoms with Gasteiger partial charge in [0.25, 0.3) is 5.91 Å². The van der Waals surface area contributed by atoms with E-state index in [0.29, 0.717) is 13.1 Å². The molecule has 1 amide bonds. The van der Waals surface area contributed by atoms with Gasteiger partial charge in [-0.3, -0.25) is 4.79 Å². The summed E-state index contributed by atoms with van der Waals surface area (Å²) in [5.41, 5.74) is 1.48. The Bertz CT molecular complexity index is 876. The number of benzene rings is 1. The van der Waals surface area contributed by atoms with Gasteiger partial charge in [0.2, 0.25) is 0 Å². The highest BCUT2D eigenvalue weighted by atomic mass is 19.1. The number of H-pyrrole nitrogens is 1. The van der Waals surface area contributed by atoms with Crippen molar-refractivity contribution in [1.82, 2.24) is 14.9 Å². The van der Waals surface area contributed by atoms with Crippen molar-refractivity contribution in [2.75, 3.05) is 13.1 Å². The quantitative estimate of drug-likeness (QED) is 0.769. The van der Waals surface area contributed by atoms with Crippen LogP contribution in [0.15, 0.2) is 42.6 Å². The first-order valence-electron chi connectivity index (χ1n) is 8.30. The second kappa shape index (κ2) is 6.27. The van der Waals surface area contributed by atoms with Crippen LogP contribution < -0.4 is 0 Å². The molecule has 0 bridgehead atoms. The van der Waals surface area contributed by atoms with Crippen LogP contribution in [0.5, 0.6) is 0 Å². The van der Waals surface area contributed by atoms with Crippen molar-refractivity contribution in [1.29, 1.82) is 0 Å².